The molecule has 1 fully saturated rings. The molecule has 0 unspecified atom stereocenters. The Morgan fingerprint density at radius 2 is 1.74 bits per heavy atom. The van der Waals surface area contributed by atoms with Gasteiger partial charge in [0.15, 0.2) is 5.96 Å². The monoisotopic (exact) mass is 598 g/mol. The van der Waals surface area contributed by atoms with Gasteiger partial charge in [-0.1, -0.05) is 18.2 Å². The number of nitrogens with one attached hydrogen (secondary N) is 3. The quantitative estimate of drug-likeness (QED) is 0.376. The van der Waals surface area contributed by atoms with E-state index in [0.717, 1.165) is 68.0 Å². The molecule has 2 aliphatic rings. The molecule has 0 spiro atoms. The van der Waals surface area contributed by atoms with Gasteiger partial charge in [0.25, 0.3) is 15.9 Å². The van der Waals surface area contributed by atoms with Crippen LogP contribution in [0.15, 0.2) is 64.5 Å². The van der Waals surface area contributed by atoms with Crippen LogP contribution in [0, 0.1) is 0 Å². The molecule has 2 heterocycles. The maximum absolute atomic E-state index is 13.1. The summed E-state index contributed by atoms with van der Waals surface area (Å²) < 4.78 is 26.9. The summed E-state index contributed by atoms with van der Waals surface area (Å²) in [6, 6.07) is 15.6. The third-order valence-corrected chi connectivity index (χ3v) is 9.01. The van der Waals surface area contributed by atoms with Crippen LogP contribution in [0.25, 0.3) is 0 Å². The number of carbonyl (C=O) groups excluding carboxylic acids is 2. The number of nitrogens with zero attached hydrogens (tertiary/aromatic N) is 3. The van der Waals surface area contributed by atoms with E-state index in [1.165, 1.54) is 12.1 Å². The molecule has 3 N–H and O–H groups in total. The molecule has 2 aliphatic heterocycles. The number of anilines is 1. The number of hydrogen-bond donors (Lipinski definition) is 3. The molecule has 4 rings (SSSR count). The fraction of sp³-hybridized carbons (Fsp3) is 0.500. The molecule has 42 heavy (non-hydrogen) atoms. The van der Waals surface area contributed by atoms with Crippen LogP contribution in [0.5, 0.6) is 0 Å². The van der Waals surface area contributed by atoms with Crippen molar-refractivity contribution in [3.8, 4) is 0 Å². The van der Waals surface area contributed by atoms with Gasteiger partial charge in [0.05, 0.1) is 16.9 Å². The lowest BCUT2D eigenvalue weighted by molar-refractivity contribution is -0.182. The van der Waals surface area contributed by atoms with Crippen molar-refractivity contribution in [2.75, 3.05) is 37.6 Å². The number of carbonyl (C=O) groups is 2. The Labute approximate surface area is 248 Å². The Bertz CT molecular complexity index is 1330. The topological polar surface area (TPSA) is 132 Å². The minimum Gasteiger partial charge on any atom is -0.371 e. The van der Waals surface area contributed by atoms with Gasteiger partial charge >= 0.3 is 5.97 Å². The first kappa shape index (κ1) is 31.3. The van der Waals surface area contributed by atoms with Gasteiger partial charge in [-0.25, -0.2) is 8.42 Å². The predicted octanol–water partition coefficient (Wildman–Crippen LogP) is 3.05. The minimum absolute atomic E-state index is 0.00342. The van der Waals surface area contributed by atoms with Gasteiger partial charge in [0.1, 0.15) is 0 Å². The maximum atomic E-state index is 13.1. The van der Waals surface area contributed by atoms with Crippen LogP contribution >= 0.6 is 0 Å². The lowest BCUT2D eigenvalue weighted by Gasteiger charge is -2.34. The maximum Gasteiger partial charge on any atom is 0.328 e. The van der Waals surface area contributed by atoms with E-state index in [2.05, 4.69) is 25.8 Å². The Kier molecular flexibility index (Phi) is 10.4. The number of hydrogen-bond acceptors (Lipinski definition) is 9. The SMILES string of the molecule is CC(C)(C)N(OC(=O)CCNC(=O)c1ccc(N2CCC(NC3=NCCCCN3)CC2)cc1)S(=O)(=O)c1ccccc1. The number of guanidine groups is 1. The zero-order valence-corrected chi connectivity index (χ0v) is 25.5. The molecular formula is C30H42N6O5S. The van der Waals surface area contributed by atoms with Gasteiger partial charge in [-0.3, -0.25) is 14.6 Å². The molecule has 0 saturated carbocycles. The summed E-state index contributed by atoms with van der Waals surface area (Å²) in [6.07, 6.45) is 4.07. The lowest BCUT2D eigenvalue weighted by atomic mass is 10.0. The van der Waals surface area contributed by atoms with Crippen molar-refractivity contribution in [3.63, 3.8) is 0 Å². The molecule has 0 atom stereocenters. The third kappa shape index (κ3) is 8.45. The molecule has 1 saturated heterocycles. The Morgan fingerprint density at radius 1 is 1.05 bits per heavy atom. The summed E-state index contributed by atoms with van der Waals surface area (Å²) >= 11 is 0. The number of aliphatic imine (C=N–C) groups is 1. The highest BCUT2D eigenvalue weighted by molar-refractivity contribution is 7.89. The highest BCUT2D eigenvalue weighted by atomic mass is 32.2. The minimum atomic E-state index is -4.08. The van der Waals surface area contributed by atoms with Crippen LogP contribution in [0.3, 0.4) is 0 Å². The summed E-state index contributed by atoms with van der Waals surface area (Å²) in [7, 11) is -4.08. The van der Waals surface area contributed by atoms with E-state index >= 15 is 0 Å². The van der Waals surface area contributed by atoms with E-state index in [9.17, 15) is 18.0 Å². The van der Waals surface area contributed by atoms with E-state index < -0.39 is 21.5 Å². The number of hydroxylamine groups is 1. The zero-order chi connectivity index (χ0) is 30.2. The summed E-state index contributed by atoms with van der Waals surface area (Å²) in [5.41, 5.74) is 0.520. The van der Waals surface area contributed by atoms with Crippen LogP contribution < -0.4 is 20.9 Å². The van der Waals surface area contributed by atoms with Crippen molar-refractivity contribution in [1.29, 1.82) is 0 Å². The van der Waals surface area contributed by atoms with Crippen molar-refractivity contribution in [2.45, 2.75) is 69.4 Å². The van der Waals surface area contributed by atoms with Crippen LogP contribution in [0.2, 0.25) is 0 Å². The molecule has 228 valence electrons. The Morgan fingerprint density at radius 3 is 2.40 bits per heavy atom. The second kappa shape index (κ2) is 14.0. The molecule has 12 heteroatoms. The smallest absolute Gasteiger partial charge is 0.328 e. The van der Waals surface area contributed by atoms with Crippen molar-refractivity contribution >= 4 is 33.5 Å². The van der Waals surface area contributed by atoms with Crippen LogP contribution in [0.1, 0.15) is 63.2 Å². The van der Waals surface area contributed by atoms with Crippen molar-refractivity contribution in [2.24, 2.45) is 4.99 Å². The van der Waals surface area contributed by atoms with Crippen molar-refractivity contribution < 1.29 is 22.8 Å². The molecule has 0 aromatic heterocycles. The number of amides is 1. The molecule has 1 amide bonds. The van der Waals surface area contributed by atoms with E-state index in [-0.39, 0.29) is 23.8 Å². The Balaban J connectivity index is 1.23. The first-order valence-electron chi connectivity index (χ1n) is 14.5. The largest absolute Gasteiger partial charge is 0.371 e. The fourth-order valence-corrected chi connectivity index (χ4v) is 6.43. The van der Waals surface area contributed by atoms with Gasteiger partial charge in [-0.2, -0.15) is 0 Å². The number of benzene rings is 2. The number of rotatable bonds is 9. The molecular weight excluding hydrogens is 556 g/mol. The second-order valence-corrected chi connectivity index (χ2v) is 13.3. The highest BCUT2D eigenvalue weighted by Crippen LogP contribution is 2.25. The third-order valence-electron chi connectivity index (χ3n) is 7.08. The first-order valence-corrected chi connectivity index (χ1v) is 16.0. The van der Waals surface area contributed by atoms with Gasteiger partial charge in [-0.05, 0) is 87.3 Å². The van der Waals surface area contributed by atoms with E-state index in [0.29, 0.717) is 11.6 Å². The van der Waals surface area contributed by atoms with Crippen LogP contribution in [0.4, 0.5) is 5.69 Å². The predicted molar refractivity (Wildman–Crippen MR) is 163 cm³/mol. The van der Waals surface area contributed by atoms with Crippen molar-refractivity contribution in [3.05, 3.63) is 60.2 Å². The molecule has 2 aromatic rings. The molecule has 2 aromatic carbocycles. The normalized spacial score (nSPS) is 16.7. The summed E-state index contributed by atoms with van der Waals surface area (Å²) in [4.78, 5) is 37.5. The molecule has 0 bridgehead atoms. The van der Waals surface area contributed by atoms with Crippen LogP contribution in [-0.2, 0) is 19.7 Å². The highest BCUT2D eigenvalue weighted by Gasteiger charge is 2.38. The molecule has 11 nitrogen and oxygen atoms in total. The van der Waals surface area contributed by atoms with Crippen LogP contribution in [-0.4, -0.2) is 75.0 Å². The summed E-state index contributed by atoms with van der Waals surface area (Å²) in [6.45, 7) is 8.55. The van der Waals surface area contributed by atoms with Crippen molar-refractivity contribution in [1.82, 2.24) is 20.4 Å². The zero-order valence-electron chi connectivity index (χ0n) is 24.6. The summed E-state index contributed by atoms with van der Waals surface area (Å²) in [5.74, 6) is -0.170. The van der Waals surface area contributed by atoms with E-state index in [1.807, 2.05) is 12.1 Å². The standard InChI is InChI=1S/C30H42N6O5S/c1-30(2,3)36(42(39,40)26-9-5-4-6-10-26)41-27(37)15-20-31-28(38)23-11-13-25(14-12-23)35-21-16-24(17-22-35)34-29-32-18-7-8-19-33-29/h4-6,9-14,24H,7-8,15-22H2,1-3H3,(H,31,38)(H2,32,33,34). The average molecular weight is 599 g/mol. The fourth-order valence-electron chi connectivity index (χ4n) is 4.84. The average Bonchev–Trinajstić information content (AvgIpc) is 3.25. The first-order chi connectivity index (χ1) is 20.0. The number of piperidine rings is 1. The van der Waals surface area contributed by atoms with Gasteiger partial charge in [0.2, 0.25) is 0 Å². The van der Waals surface area contributed by atoms with Gasteiger partial charge in [0, 0.05) is 50.0 Å². The summed E-state index contributed by atoms with van der Waals surface area (Å²) in [5, 5.41) is 9.63. The Hall–Kier alpha value is -3.64. The lowest BCUT2D eigenvalue weighted by Crippen LogP contribution is -2.48. The number of sulfonamides is 1. The molecule has 0 radical (unpaired) electrons. The van der Waals surface area contributed by atoms with E-state index in [1.54, 1.807) is 51.1 Å². The van der Waals surface area contributed by atoms with E-state index in [4.69, 9.17) is 4.84 Å². The van der Waals surface area contributed by atoms with Gasteiger partial charge in [-0.15, -0.1) is 0 Å². The molecule has 0 aliphatic carbocycles. The van der Waals surface area contributed by atoms with Gasteiger partial charge < -0.3 is 25.7 Å². The second-order valence-electron chi connectivity index (χ2n) is 11.5.